The topological polar surface area (TPSA) is 194 Å². The first-order chi connectivity index (χ1) is 9.72. The summed E-state index contributed by atoms with van der Waals surface area (Å²) in [4.78, 5) is 49.6. The number of rotatable bonds is 11. The molecule has 14 heteroatoms. The smallest absolute Gasteiger partial charge is 0.320 e. The molecule has 0 aliphatic rings. The van der Waals surface area contributed by atoms with E-state index in [-0.39, 0.29) is 25.2 Å². The van der Waals surface area contributed by atoms with Crippen molar-refractivity contribution in [3.8, 4) is 0 Å². The highest BCUT2D eigenvalue weighted by molar-refractivity contribution is 5.85. The van der Waals surface area contributed by atoms with E-state index in [1.165, 1.54) is 0 Å². The highest BCUT2D eigenvalue weighted by Crippen LogP contribution is 2.01. The van der Waals surface area contributed by atoms with Crippen molar-refractivity contribution in [2.75, 3.05) is 13.2 Å². The van der Waals surface area contributed by atoms with Gasteiger partial charge in [-0.25, -0.2) is 0 Å². The van der Waals surface area contributed by atoms with Crippen molar-refractivity contribution in [3.05, 3.63) is 20.2 Å². The molecule has 0 unspecified atom stereocenters. The van der Waals surface area contributed by atoms with E-state index in [2.05, 4.69) is 14.4 Å². The zero-order chi connectivity index (χ0) is 16.4. The van der Waals surface area contributed by atoms with Crippen LogP contribution in [-0.4, -0.2) is 52.6 Å². The van der Waals surface area contributed by atoms with Crippen molar-refractivity contribution in [1.29, 1.82) is 0 Å². The molecule has 0 spiro atoms. The second-order valence-electron chi connectivity index (χ2n) is 3.64. The molecule has 0 aromatic carbocycles. The van der Waals surface area contributed by atoms with E-state index < -0.39 is 47.5 Å². The van der Waals surface area contributed by atoms with Crippen molar-refractivity contribution < 1.29 is 39.3 Å². The van der Waals surface area contributed by atoms with Crippen LogP contribution in [0.5, 0.6) is 0 Å². The fraction of sp³-hybridized carbons (Fsp3) is 0.750. The molecule has 0 amide bonds. The van der Waals surface area contributed by atoms with Gasteiger partial charge in [-0.15, -0.1) is 32.6 Å². The predicted molar refractivity (Wildman–Crippen MR) is 67.9 cm³/mol. The number of ether oxygens (including phenoxy) is 1. The SMILES string of the molecule is Cl.N[C@@H](CCC(=O)OC[C@H](CO[N+](=O)[O-])O[N+](=O)[O-])C(=O)O. The summed E-state index contributed by atoms with van der Waals surface area (Å²) in [7, 11) is 0. The fourth-order valence-corrected chi connectivity index (χ4v) is 1.03. The molecule has 0 aromatic rings. The van der Waals surface area contributed by atoms with Gasteiger partial charge in [0.25, 0.3) is 10.2 Å². The summed E-state index contributed by atoms with van der Waals surface area (Å²) < 4.78 is 4.55. The van der Waals surface area contributed by atoms with Gasteiger partial charge < -0.3 is 25.3 Å². The lowest BCUT2D eigenvalue weighted by Gasteiger charge is -2.14. The first-order valence-electron chi connectivity index (χ1n) is 5.44. The Morgan fingerprint density at radius 3 is 2.23 bits per heavy atom. The van der Waals surface area contributed by atoms with Crippen LogP contribution < -0.4 is 5.73 Å². The number of halogens is 1. The Bertz CT molecular complexity index is 406. The standard InChI is InChI=1S/C8H13N3O10.ClH/c9-6(8(13)14)1-2-7(12)19-3-5(21-11(17)18)4-20-10(15)16;/h5-6H,1-4,9H2,(H,13,14);1H/t5-,6+;/m1./s1. The van der Waals surface area contributed by atoms with Crippen LogP contribution in [0.2, 0.25) is 0 Å². The number of carbonyl (C=O) groups excluding carboxylic acids is 1. The van der Waals surface area contributed by atoms with Gasteiger partial charge in [0, 0.05) is 6.42 Å². The molecular weight excluding hydrogens is 334 g/mol. The maximum atomic E-state index is 11.2. The van der Waals surface area contributed by atoms with Gasteiger partial charge in [0.1, 0.15) is 19.3 Å². The number of carboxylic acids is 1. The second-order valence-corrected chi connectivity index (χ2v) is 3.64. The van der Waals surface area contributed by atoms with Gasteiger partial charge in [0.05, 0.1) is 0 Å². The van der Waals surface area contributed by atoms with Crippen LogP contribution in [0.4, 0.5) is 0 Å². The fourth-order valence-electron chi connectivity index (χ4n) is 1.03. The summed E-state index contributed by atoms with van der Waals surface area (Å²) in [5, 5.41) is 26.1. The molecule has 2 atom stereocenters. The third kappa shape index (κ3) is 11.4. The summed E-state index contributed by atoms with van der Waals surface area (Å²) in [6.45, 7) is -1.48. The minimum Gasteiger partial charge on any atom is -0.480 e. The molecule has 128 valence electrons. The lowest BCUT2D eigenvalue weighted by molar-refractivity contribution is -0.790. The highest BCUT2D eigenvalue weighted by Gasteiger charge is 2.19. The van der Waals surface area contributed by atoms with Crippen LogP contribution in [-0.2, 0) is 24.0 Å². The molecule has 0 heterocycles. The zero-order valence-corrected chi connectivity index (χ0v) is 11.8. The molecule has 0 aliphatic heterocycles. The van der Waals surface area contributed by atoms with Gasteiger partial charge in [0.15, 0.2) is 6.10 Å². The third-order valence-electron chi connectivity index (χ3n) is 2.01. The van der Waals surface area contributed by atoms with Crippen LogP contribution in [0.25, 0.3) is 0 Å². The number of carbonyl (C=O) groups is 2. The lowest BCUT2D eigenvalue weighted by atomic mass is 10.2. The van der Waals surface area contributed by atoms with E-state index in [9.17, 15) is 29.8 Å². The van der Waals surface area contributed by atoms with Crippen molar-refractivity contribution >= 4 is 24.3 Å². The van der Waals surface area contributed by atoms with E-state index in [1.807, 2.05) is 0 Å². The van der Waals surface area contributed by atoms with Crippen molar-refractivity contribution in [2.24, 2.45) is 5.73 Å². The highest BCUT2D eigenvalue weighted by atomic mass is 35.5. The maximum absolute atomic E-state index is 11.2. The number of hydrogen-bond donors (Lipinski definition) is 2. The van der Waals surface area contributed by atoms with Gasteiger partial charge in [-0.2, -0.15) is 0 Å². The number of esters is 1. The van der Waals surface area contributed by atoms with E-state index in [0.717, 1.165) is 0 Å². The van der Waals surface area contributed by atoms with E-state index in [4.69, 9.17) is 10.8 Å². The largest absolute Gasteiger partial charge is 0.480 e. The van der Waals surface area contributed by atoms with E-state index in [1.54, 1.807) is 0 Å². The summed E-state index contributed by atoms with van der Waals surface area (Å²) in [5.74, 6) is -2.18. The van der Waals surface area contributed by atoms with Crippen molar-refractivity contribution in [1.82, 2.24) is 0 Å². The molecule has 0 rings (SSSR count). The average Bonchev–Trinajstić information content (AvgIpc) is 2.38. The zero-order valence-electron chi connectivity index (χ0n) is 11.0. The number of hydrogen-bond acceptors (Lipinski definition) is 10. The maximum Gasteiger partial charge on any atom is 0.320 e. The Balaban J connectivity index is 0. The number of nitrogens with two attached hydrogens (primary N) is 1. The van der Waals surface area contributed by atoms with Crippen LogP contribution in [0, 0.1) is 20.2 Å². The Morgan fingerprint density at radius 2 is 1.77 bits per heavy atom. The van der Waals surface area contributed by atoms with Crippen molar-refractivity contribution in [3.63, 3.8) is 0 Å². The number of aliphatic carboxylic acids is 1. The normalized spacial score (nSPS) is 12.2. The van der Waals surface area contributed by atoms with Gasteiger partial charge in [0.2, 0.25) is 0 Å². The van der Waals surface area contributed by atoms with E-state index >= 15 is 0 Å². The summed E-state index contributed by atoms with van der Waals surface area (Å²) in [6, 6.07) is -1.25. The third-order valence-corrected chi connectivity index (χ3v) is 2.01. The predicted octanol–water partition coefficient (Wildman–Crippen LogP) is -1.07. The first-order valence-corrected chi connectivity index (χ1v) is 5.44. The van der Waals surface area contributed by atoms with Crippen LogP contribution in [0.15, 0.2) is 0 Å². The monoisotopic (exact) mass is 347 g/mol. The minimum absolute atomic E-state index is 0. The quantitative estimate of drug-likeness (QED) is 0.262. The Morgan fingerprint density at radius 1 is 1.18 bits per heavy atom. The molecule has 0 aliphatic carbocycles. The summed E-state index contributed by atoms with van der Waals surface area (Å²) in [5.41, 5.74) is 5.15. The van der Waals surface area contributed by atoms with Gasteiger partial charge in [-0.1, -0.05) is 0 Å². The minimum atomic E-state index is -1.48. The molecule has 22 heavy (non-hydrogen) atoms. The molecule has 0 radical (unpaired) electrons. The molecule has 0 aromatic heterocycles. The van der Waals surface area contributed by atoms with Crippen molar-refractivity contribution in [2.45, 2.75) is 25.0 Å². The molecular formula is C8H14ClN3O10. The molecule has 0 saturated heterocycles. The number of carboxylic acid groups (broad SMARTS) is 1. The second kappa shape index (κ2) is 11.3. The van der Waals surface area contributed by atoms with Crippen LogP contribution >= 0.6 is 12.4 Å². The van der Waals surface area contributed by atoms with Gasteiger partial charge >= 0.3 is 11.9 Å². The lowest BCUT2D eigenvalue weighted by Crippen LogP contribution is -2.32. The Labute approximate surface area is 128 Å². The first kappa shape index (κ1) is 21.9. The molecule has 0 fully saturated rings. The molecule has 3 N–H and O–H groups in total. The molecule has 0 saturated carbocycles. The molecule has 0 bridgehead atoms. The van der Waals surface area contributed by atoms with Crippen LogP contribution in [0.1, 0.15) is 12.8 Å². The average molecular weight is 348 g/mol. The Kier molecular flexibility index (Phi) is 11.2. The summed E-state index contributed by atoms with van der Waals surface area (Å²) >= 11 is 0. The van der Waals surface area contributed by atoms with Crippen LogP contribution in [0.3, 0.4) is 0 Å². The number of nitrogens with zero attached hydrogens (tertiary/aromatic N) is 2. The van der Waals surface area contributed by atoms with Gasteiger partial charge in [-0.3, -0.25) is 9.59 Å². The van der Waals surface area contributed by atoms with Gasteiger partial charge in [-0.05, 0) is 6.42 Å². The van der Waals surface area contributed by atoms with E-state index in [0.29, 0.717) is 0 Å². The molecule has 13 nitrogen and oxygen atoms in total. The Hall–Kier alpha value is -2.41. The summed E-state index contributed by atoms with van der Waals surface area (Å²) in [6.07, 6.45) is -2.02.